The van der Waals surface area contributed by atoms with Gasteiger partial charge in [-0.3, -0.25) is 0 Å². The van der Waals surface area contributed by atoms with Gasteiger partial charge in [-0.2, -0.15) is 0 Å². The van der Waals surface area contributed by atoms with E-state index < -0.39 is 0 Å². The minimum Gasteiger partial charge on any atom is -0.378 e. The van der Waals surface area contributed by atoms with Crippen LogP contribution in [-0.2, 0) is 4.74 Å². The van der Waals surface area contributed by atoms with Crippen molar-refractivity contribution in [1.29, 1.82) is 0 Å². The van der Waals surface area contributed by atoms with Crippen molar-refractivity contribution >= 4 is 0 Å². The Bertz CT molecular complexity index is 179. The molecule has 2 nitrogen and oxygen atoms in total. The van der Waals surface area contributed by atoms with E-state index in [1.807, 2.05) is 0 Å². The summed E-state index contributed by atoms with van der Waals surface area (Å²) in [4.78, 5) is 0. The molecule has 0 atom stereocenters. The number of rotatable bonds is 2. The Morgan fingerprint density at radius 1 is 0.588 bits per heavy atom. The van der Waals surface area contributed by atoms with Crippen molar-refractivity contribution in [3.8, 4) is 0 Å². The van der Waals surface area contributed by atoms with Crippen LogP contribution in [0.15, 0.2) is 0 Å². The molecule has 0 aromatic heterocycles. The minimum atomic E-state index is 0.660. The minimum absolute atomic E-state index is 0.660. The molecule has 0 amide bonds. The van der Waals surface area contributed by atoms with Crippen LogP contribution in [0, 0.1) is 0 Å². The Morgan fingerprint density at radius 3 is 1.47 bits per heavy atom. The monoisotopic (exact) mass is 239 g/mol. The predicted octanol–water partition coefficient (Wildman–Crippen LogP) is 3.65. The Balaban J connectivity index is 1.67. The fraction of sp³-hybridized carbons (Fsp3) is 1.00. The van der Waals surface area contributed by atoms with E-state index in [1.165, 1.54) is 70.6 Å². The molecule has 2 aliphatic rings. The van der Waals surface area contributed by atoms with Crippen LogP contribution in [-0.4, -0.2) is 25.3 Å². The van der Waals surface area contributed by atoms with Crippen LogP contribution in [0.3, 0.4) is 0 Å². The molecule has 100 valence electrons. The van der Waals surface area contributed by atoms with Crippen molar-refractivity contribution in [2.75, 3.05) is 13.2 Å². The van der Waals surface area contributed by atoms with E-state index in [0.717, 1.165) is 19.3 Å². The zero-order chi connectivity index (χ0) is 11.8. The van der Waals surface area contributed by atoms with Crippen molar-refractivity contribution in [2.45, 2.75) is 82.7 Å². The molecule has 1 aliphatic carbocycles. The van der Waals surface area contributed by atoms with Crippen LogP contribution in [0.1, 0.15) is 70.6 Å². The van der Waals surface area contributed by atoms with E-state index >= 15 is 0 Å². The van der Waals surface area contributed by atoms with E-state index in [9.17, 15) is 0 Å². The average Bonchev–Trinajstić information content (AvgIpc) is 2.26. The highest BCUT2D eigenvalue weighted by atomic mass is 16.5. The smallest absolute Gasteiger partial charge is 0.0643 e. The first-order valence-electron chi connectivity index (χ1n) is 7.79. The third-order valence-electron chi connectivity index (χ3n) is 4.21. The lowest BCUT2D eigenvalue weighted by Crippen LogP contribution is -2.50. The van der Waals surface area contributed by atoms with Gasteiger partial charge in [-0.25, -0.2) is 0 Å². The Kier molecular flexibility index (Phi) is 6.36. The fourth-order valence-electron chi connectivity index (χ4n) is 3.00. The van der Waals surface area contributed by atoms with E-state index in [4.69, 9.17) is 4.74 Å². The van der Waals surface area contributed by atoms with E-state index in [1.54, 1.807) is 0 Å². The largest absolute Gasteiger partial charge is 0.378 e. The van der Waals surface area contributed by atoms with Gasteiger partial charge in [-0.05, 0) is 12.8 Å². The van der Waals surface area contributed by atoms with Gasteiger partial charge in [-0.15, -0.1) is 0 Å². The van der Waals surface area contributed by atoms with Gasteiger partial charge in [-0.1, -0.05) is 57.8 Å². The lowest BCUT2D eigenvalue weighted by Gasteiger charge is -2.32. The highest BCUT2D eigenvalue weighted by Gasteiger charge is 2.21. The first-order valence-corrected chi connectivity index (χ1v) is 7.79. The maximum atomic E-state index is 5.25. The number of hydrogen-bond acceptors (Lipinski definition) is 2. The molecule has 1 aliphatic heterocycles. The molecule has 1 saturated heterocycles. The second kappa shape index (κ2) is 8.10. The SMILES string of the molecule is C1CCCCCC(NC2COC2)CCCCC1. The van der Waals surface area contributed by atoms with Crippen LogP contribution in [0.2, 0.25) is 0 Å². The fourth-order valence-corrected chi connectivity index (χ4v) is 3.00. The van der Waals surface area contributed by atoms with E-state index in [-0.39, 0.29) is 0 Å². The summed E-state index contributed by atoms with van der Waals surface area (Å²) in [7, 11) is 0. The predicted molar refractivity (Wildman–Crippen MR) is 72.3 cm³/mol. The molecular formula is C15H29NO. The number of ether oxygens (including phenoxy) is 1. The van der Waals surface area contributed by atoms with Crippen LogP contribution in [0.4, 0.5) is 0 Å². The van der Waals surface area contributed by atoms with Gasteiger partial charge in [0.2, 0.25) is 0 Å². The van der Waals surface area contributed by atoms with Crippen LogP contribution in [0.25, 0.3) is 0 Å². The van der Waals surface area contributed by atoms with E-state index in [2.05, 4.69) is 5.32 Å². The molecule has 2 rings (SSSR count). The summed E-state index contributed by atoms with van der Waals surface area (Å²) in [6.45, 7) is 1.88. The third-order valence-corrected chi connectivity index (χ3v) is 4.21. The van der Waals surface area contributed by atoms with Gasteiger partial charge in [0, 0.05) is 6.04 Å². The second-order valence-electron chi connectivity index (χ2n) is 5.86. The molecule has 1 heterocycles. The van der Waals surface area contributed by atoms with Gasteiger partial charge >= 0.3 is 0 Å². The molecular weight excluding hydrogens is 210 g/mol. The molecule has 0 aromatic carbocycles. The second-order valence-corrected chi connectivity index (χ2v) is 5.86. The Labute approximate surface area is 107 Å². The standard InChI is InChI=1S/C15H29NO/c1-2-4-6-8-10-14(11-9-7-5-3-1)16-15-12-17-13-15/h14-16H,1-13H2. The molecule has 2 fully saturated rings. The van der Waals surface area contributed by atoms with Crippen molar-refractivity contribution in [1.82, 2.24) is 5.32 Å². The van der Waals surface area contributed by atoms with Crippen molar-refractivity contribution in [2.24, 2.45) is 0 Å². The highest BCUT2D eigenvalue weighted by molar-refractivity contribution is 4.79. The van der Waals surface area contributed by atoms with Crippen molar-refractivity contribution in [3.63, 3.8) is 0 Å². The van der Waals surface area contributed by atoms with Crippen LogP contribution in [0.5, 0.6) is 0 Å². The molecule has 0 unspecified atom stereocenters. The first kappa shape index (κ1) is 13.4. The summed E-state index contributed by atoms with van der Waals surface area (Å²) in [6, 6.07) is 1.43. The summed E-state index contributed by atoms with van der Waals surface area (Å²) in [6.07, 6.45) is 15.8. The lowest BCUT2D eigenvalue weighted by atomic mass is 9.97. The van der Waals surface area contributed by atoms with Crippen molar-refractivity contribution in [3.05, 3.63) is 0 Å². The molecule has 17 heavy (non-hydrogen) atoms. The lowest BCUT2D eigenvalue weighted by molar-refractivity contribution is -0.0111. The van der Waals surface area contributed by atoms with Gasteiger partial charge in [0.05, 0.1) is 19.3 Å². The average molecular weight is 239 g/mol. The molecule has 0 spiro atoms. The Hall–Kier alpha value is -0.0800. The molecule has 2 heteroatoms. The zero-order valence-electron chi connectivity index (χ0n) is 11.3. The third kappa shape index (κ3) is 5.39. The maximum Gasteiger partial charge on any atom is 0.0643 e. The first-order chi connectivity index (χ1) is 8.45. The van der Waals surface area contributed by atoms with E-state index in [0.29, 0.717) is 6.04 Å². The summed E-state index contributed by atoms with van der Waals surface area (Å²) < 4.78 is 5.25. The highest BCUT2D eigenvalue weighted by Crippen LogP contribution is 2.18. The van der Waals surface area contributed by atoms with Gasteiger partial charge < -0.3 is 10.1 Å². The number of nitrogens with one attached hydrogen (secondary N) is 1. The summed E-state index contributed by atoms with van der Waals surface area (Å²) in [5, 5.41) is 3.78. The normalized spacial score (nSPS) is 26.8. The van der Waals surface area contributed by atoms with Gasteiger partial charge in [0.25, 0.3) is 0 Å². The molecule has 0 aromatic rings. The topological polar surface area (TPSA) is 21.3 Å². The zero-order valence-corrected chi connectivity index (χ0v) is 11.3. The molecule has 0 bridgehead atoms. The maximum absolute atomic E-state index is 5.25. The molecule has 0 radical (unpaired) electrons. The Morgan fingerprint density at radius 2 is 1.06 bits per heavy atom. The van der Waals surface area contributed by atoms with Crippen molar-refractivity contribution < 1.29 is 4.74 Å². The molecule has 1 saturated carbocycles. The summed E-state index contributed by atoms with van der Waals surface area (Å²) in [5.41, 5.74) is 0. The molecule has 1 N–H and O–H groups in total. The van der Waals surface area contributed by atoms with Crippen LogP contribution < -0.4 is 5.32 Å². The van der Waals surface area contributed by atoms with Gasteiger partial charge in [0.1, 0.15) is 0 Å². The quantitative estimate of drug-likeness (QED) is 0.794. The summed E-state index contributed by atoms with van der Waals surface area (Å²) in [5.74, 6) is 0. The summed E-state index contributed by atoms with van der Waals surface area (Å²) >= 11 is 0. The number of hydrogen-bond donors (Lipinski definition) is 1. The van der Waals surface area contributed by atoms with Gasteiger partial charge in [0.15, 0.2) is 0 Å². The van der Waals surface area contributed by atoms with Crippen LogP contribution >= 0.6 is 0 Å².